The molecule has 0 aromatic carbocycles. The highest BCUT2D eigenvalue weighted by atomic mass is 16.2. The summed E-state index contributed by atoms with van der Waals surface area (Å²) in [5.41, 5.74) is -0.213. The van der Waals surface area contributed by atoms with Crippen LogP contribution in [0.2, 0.25) is 0 Å². The molecule has 5 fully saturated rings. The molecule has 4 saturated carbocycles. The van der Waals surface area contributed by atoms with Gasteiger partial charge < -0.3 is 15.5 Å². The SMILES string of the molecule is CC(C)[C@@H](NC(=O)C12CC3CC(CC(C3)C1)C2)C(=O)NCCCN1CCN(c2ncccn2)CC1. The Labute approximate surface area is 209 Å². The lowest BCUT2D eigenvalue weighted by Crippen LogP contribution is -2.58. The molecule has 2 N–H and O–H groups in total. The molecule has 35 heavy (non-hydrogen) atoms. The Morgan fingerprint density at radius 2 is 1.60 bits per heavy atom. The van der Waals surface area contributed by atoms with Gasteiger partial charge in [0.25, 0.3) is 0 Å². The molecule has 1 aromatic rings. The van der Waals surface area contributed by atoms with Crippen LogP contribution in [0.5, 0.6) is 0 Å². The van der Waals surface area contributed by atoms with Crippen LogP contribution < -0.4 is 15.5 Å². The first-order valence-corrected chi connectivity index (χ1v) is 13.7. The molecule has 1 saturated heterocycles. The summed E-state index contributed by atoms with van der Waals surface area (Å²) in [5.74, 6) is 3.15. The summed E-state index contributed by atoms with van der Waals surface area (Å²) in [5, 5.41) is 6.31. The molecule has 1 atom stereocenters. The minimum atomic E-state index is -0.454. The van der Waals surface area contributed by atoms with Gasteiger partial charge in [-0.2, -0.15) is 0 Å². The fourth-order valence-corrected chi connectivity index (χ4v) is 7.47. The van der Waals surface area contributed by atoms with Crippen LogP contribution in [0.4, 0.5) is 5.95 Å². The smallest absolute Gasteiger partial charge is 0.242 e. The Balaban J connectivity index is 1.05. The maximum atomic E-state index is 13.5. The van der Waals surface area contributed by atoms with E-state index in [1.54, 1.807) is 12.4 Å². The van der Waals surface area contributed by atoms with Crippen LogP contribution in [0, 0.1) is 29.1 Å². The zero-order valence-electron chi connectivity index (χ0n) is 21.4. The van der Waals surface area contributed by atoms with Crippen molar-refractivity contribution in [3.8, 4) is 0 Å². The molecule has 5 aliphatic rings. The fraction of sp³-hybridized carbons (Fsp3) is 0.778. The zero-order valence-corrected chi connectivity index (χ0v) is 21.4. The van der Waals surface area contributed by atoms with E-state index in [-0.39, 0.29) is 23.1 Å². The van der Waals surface area contributed by atoms with Crippen molar-refractivity contribution in [1.82, 2.24) is 25.5 Å². The number of rotatable bonds is 9. The van der Waals surface area contributed by atoms with Gasteiger partial charge in [0.2, 0.25) is 17.8 Å². The summed E-state index contributed by atoms with van der Waals surface area (Å²) in [6.45, 7) is 9.43. The molecule has 1 aromatic heterocycles. The van der Waals surface area contributed by atoms with Crippen LogP contribution in [-0.2, 0) is 9.59 Å². The third kappa shape index (κ3) is 5.47. The number of nitrogens with one attached hydrogen (secondary N) is 2. The number of piperazine rings is 1. The van der Waals surface area contributed by atoms with Gasteiger partial charge in [0.1, 0.15) is 6.04 Å². The molecular formula is C27H42N6O2. The molecule has 0 spiro atoms. The molecular weight excluding hydrogens is 440 g/mol. The van der Waals surface area contributed by atoms with Crippen molar-refractivity contribution in [2.45, 2.75) is 64.8 Å². The molecule has 1 aliphatic heterocycles. The first kappa shape index (κ1) is 24.5. The highest BCUT2D eigenvalue weighted by Gasteiger charge is 2.55. The molecule has 192 valence electrons. The van der Waals surface area contributed by atoms with E-state index in [1.807, 2.05) is 19.9 Å². The molecule has 2 heterocycles. The predicted octanol–water partition coefficient (Wildman–Crippen LogP) is 2.46. The lowest BCUT2D eigenvalue weighted by molar-refractivity contribution is -0.149. The number of aromatic nitrogens is 2. The van der Waals surface area contributed by atoms with Crippen LogP contribution in [0.15, 0.2) is 18.5 Å². The number of hydrogen-bond acceptors (Lipinski definition) is 6. The average molecular weight is 483 g/mol. The third-order valence-electron chi connectivity index (χ3n) is 8.91. The monoisotopic (exact) mass is 482 g/mol. The van der Waals surface area contributed by atoms with Crippen molar-refractivity contribution in [1.29, 1.82) is 0 Å². The zero-order chi connectivity index (χ0) is 24.4. The summed E-state index contributed by atoms with van der Waals surface area (Å²) < 4.78 is 0. The second-order valence-corrected chi connectivity index (χ2v) is 11.9. The lowest BCUT2D eigenvalue weighted by atomic mass is 9.49. The van der Waals surface area contributed by atoms with E-state index in [9.17, 15) is 9.59 Å². The van der Waals surface area contributed by atoms with Crippen molar-refractivity contribution >= 4 is 17.8 Å². The number of hydrogen-bond donors (Lipinski definition) is 2. The van der Waals surface area contributed by atoms with Gasteiger partial charge in [0.15, 0.2) is 0 Å². The van der Waals surface area contributed by atoms with Crippen LogP contribution in [0.3, 0.4) is 0 Å². The normalized spacial score (nSPS) is 30.9. The van der Waals surface area contributed by atoms with Crippen molar-refractivity contribution in [2.75, 3.05) is 44.2 Å². The first-order chi connectivity index (χ1) is 16.9. The largest absolute Gasteiger partial charge is 0.354 e. The molecule has 2 amide bonds. The minimum Gasteiger partial charge on any atom is -0.354 e. The van der Waals surface area contributed by atoms with E-state index in [0.717, 1.165) is 82.1 Å². The second kappa shape index (κ2) is 10.4. The number of nitrogens with zero attached hydrogens (tertiary/aromatic N) is 4. The summed E-state index contributed by atoms with van der Waals surface area (Å²) in [6, 6.07) is 1.39. The average Bonchev–Trinajstić information content (AvgIpc) is 2.85. The Morgan fingerprint density at radius 1 is 1.00 bits per heavy atom. The molecule has 0 unspecified atom stereocenters. The summed E-state index contributed by atoms with van der Waals surface area (Å²) in [7, 11) is 0. The van der Waals surface area contributed by atoms with Gasteiger partial charge in [-0.15, -0.1) is 0 Å². The van der Waals surface area contributed by atoms with Gasteiger partial charge in [-0.3, -0.25) is 14.5 Å². The lowest BCUT2D eigenvalue weighted by Gasteiger charge is -2.55. The quantitative estimate of drug-likeness (QED) is 0.526. The van der Waals surface area contributed by atoms with Crippen LogP contribution in [0.25, 0.3) is 0 Å². The van der Waals surface area contributed by atoms with E-state index in [4.69, 9.17) is 0 Å². The number of anilines is 1. The fourth-order valence-electron chi connectivity index (χ4n) is 7.47. The Morgan fingerprint density at radius 3 is 2.17 bits per heavy atom. The molecule has 8 nitrogen and oxygen atoms in total. The highest BCUT2D eigenvalue weighted by Crippen LogP contribution is 2.60. The molecule has 6 rings (SSSR count). The second-order valence-electron chi connectivity index (χ2n) is 11.9. The Bertz CT molecular complexity index is 848. The molecule has 8 heteroatoms. The van der Waals surface area contributed by atoms with Crippen molar-refractivity contribution in [3.05, 3.63) is 18.5 Å². The topological polar surface area (TPSA) is 90.5 Å². The molecule has 0 radical (unpaired) electrons. The summed E-state index contributed by atoms with van der Waals surface area (Å²) in [4.78, 5) is 39.8. The third-order valence-corrected chi connectivity index (χ3v) is 8.91. The van der Waals surface area contributed by atoms with Gasteiger partial charge in [-0.25, -0.2) is 9.97 Å². The number of carbonyl (C=O) groups is 2. The van der Waals surface area contributed by atoms with E-state index in [1.165, 1.54) is 19.3 Å². The first-order valence-electron chi connectivity index (χ1n) is 13.7. The van der Waals surface area contributed by atoms with E-state index < -0.39 is 6.04 Å². The summed E-state index contributed by atoms with van der Waals surface area (Å²) >= 11 is 0. The number of carbonyl (C=O) groups excluding carboxylic acids is 2. The number of amides is 2. The standard InChI is InChI=1S/C27H42N6O2/c1-19(2)23(31-25(35)27-16-20-13-21(17-27)15-22(14-20)18-27)24(34)28-7-4-8-32-9-11-33(12-10-32)26-29-5-3-6-30-26/h3,5-6,19-23H,4,7-18H2,1-2H3,(H,28,34)(H,31,35)/t20?,21?,22?,23-,27?/m1/s1. The van der Waals surface area contributed by atoms with E-state index in [0.29, 0.717) is 6.54 Å². The Kier molecular flexibility index (Phi) is 7.28. The molecule has 4 aliphatic carbocycles. The van der Waals surface area contributed by atoms with Gasteiger partial charge in [-0.1, -0.05) is 13.8 Å². The maximum absolute atomic E-state index is 13.5. The van der Waals surface area contributed by atoms with Crippen molar-refractivity contribution < 1.29 is 9.59 Å². The molecule has 4 bridgehead atoms. The maximum Gasteiger partial charge on any atom is 0.242 e. The predicted molar refractivity (Wildman–Crippen MR) is 136 cm³/mol. The van der Waals surface area contributed by atoms with Gasteiger partial charge >= 0.3 is 0 Å². The van der Waals surface area contributed by atoms with Crippen LogP contribution in [-0.4, -0.2) is 72.0 Å². The van der Waals surface area contributed by atoms with Crippen molar-refractivity contribution in [3.63, 3.8) is 0 Å². The van der Waals surface area contributed by atoms with E-state index >= 15 is 0 Å². The minimum absolute atomic E-state index is 0.0378. The highest BCUT2D eigenvalue weighted by molar-refractivity contribution is 5.90. The van der Waals surface area contributed by atoms with Gasteiger partial charge in [-0.05, 0) is 81.2 Å². The van der Waals surface area contributed by atoms with Crippen LogP contribution >= 0.6 is 0 Å². The van der Waals surface area contributed by atoms with Gasteiger partial charge in [0.05, 0.1) is 0 Å². The summed E-state index contributed by atoms with van der Waals surface area (Å²) in [6.07, 6.45) is 11.5. The van der Waals surface area contributed by atoms with Crippen molar-refractivity contribution in [2.24, 2.45) is 29.1 Å². The van der Waals surface area contributed by atoms with Crippen LogP contribution in [0.1, 0.15) is 58.8 Å². The Hall–Kier alpha value is -2.22. The van der Waals surface area contributed by atoms with Gasteiger partial charge in [0, 0.05) is 50.5 Å². The van der Waals surface area contributed by atoms with E-state index in [2.05, 4.69) is 30.4 Å².